The van der Waals surface area contributed by atoms with Crippen molar-refractivity contribution in [3.05, 3.63) is 35.6 Å². The molecule has 0 spiro atoms. The first-order valence-electron chi connectivity index (χ1n) is 7.54. The number of nitrogens with one attached hydrogen (secondary N) is 1. The molecule has 1 N–H and O–H groups in total. The Hall–Kier alpha value is -1.91. The Morgan fingerprint density at radius 3 is 2.59 bits per heavy atom. The van der Waals surface area contributed by atoms with Gasteiger partial charge in [-0.05, 0) is 45.2 Å². The minimum Gasteiger partial charge on any atom is -0.444 e. The topological polar surface area (TPSA) is 55.4 Å². The van der Waals surface area contributed by atoms with Crippen molar-refractivity contribution < 1.29 is 18.7 Å². The molecule has 0 radical (unpaired) electrons. The van der Waals surface area contributed by atoms with Gasteiger partial charge >= 0.3 is 6.09 Å². The van der Waals surface area contributed by atoms with Crippen molar-refractivity contribution in [1.29, 1.82) is 0 Å². The summed E-state index contributed by atoms with van der Waals surface area (Å²) in [6, 6.07) is 4.85. The molecule has 5 heteroatoms. The van der Waals surface area contributed by atoms with Crippen molar-refractivity contribution in [3.63, 3.8) is 0 Å². The van der Waals surface area contributed by atoms with Crippen molar-refractivity contribution in [2.24, 2.45) is 5.92 Å². The van der Waals surface area contributed by atoms with E-state index in [2.05, 4.69) is 5.32 Å². The van der Waals surface area contributed by atoms with Crippen LogP contribution in [0.5, 0.6) is 0 Å². The molecule has 1 unspecified atom stereocenters. The first kappa shape index (κ1) is 16.5. The van der Waals surface area contributed by atoms with E-state index in [1.165, 1.54) is 18.2 Å². The monoisotopic (exact) mass is 307 g/mol. The van der Waals surface area contributed by atoms with Gasteiger partial charge in [-0.2, -0.15) is 0 Å². The van der Waals surface area contributed by atoms with Crippen LogP contribution in [0.1, 0.15) is 50.4 Å². The highest BCUT2D eigenvalue weighted by atomic mass is 19.1. The molecule has 1 aromatic rings. The Kier molecular flexibility index (Phi) is 4.84. The van der Waals surface area contributed by atoms with Crippen LogP contribution in [0.4, 0.5) is 9.18 Å². The van der Waals surface area contributed by atoms with E-state index < -0.39 is 23.6 Å². The summed E-state index contributed by atoms with van der Waals surface area (Å²) >= 11 is 0. The lowest BCUT2D eigenvalue weighted by molar-refractivity contribution is 0.0487. The van der Waals surface area contributed by atoms with E-state index in [4.69, 9.17) is 4.74 Å². The summed E-state index contributed by atoms with van der Waals surface area (Å²) < 4.78 is 18.5. The largest absolute Gasteiger partial charge is 0.444 e. The number of carbonyl (C=O) groups is 2. The molecule has 0 aromatic heterocycles. The number of halogens is 1. The van der Waals surface area contributed by atoms with E-state index in [9.17, 15) is 14.0 Å². The molecule has 1 atom stereocenters. The molecule has 0 heterocycles. The van der Waals surface area contributed by atoms with E-state index in [0.717, 1.165) is 12.8 Å². The van der Waals surface area contributed by atoms with Gasteiger partial charge in [0.25, 0.3) is 0 Å². The van der Waals surface area contributed by atoms with Gasteiger partial charge in [0.05, 0.1) is 6.04 Å². The van der Waals surface area contributed by atoms with Gasteiger partial charge in [-0.1, -0.05) is 25.0 Å². The van der Waals surface area contributed by atoms with Gasteiger partial charge in [0.15, 0.2) is 5.78 Å². The number of ether oxygens (including phenoxy) is 1. The molecule has 0 saturated heterocycles. The van der Waals surface area contributed by atoms with E-state index in [-0.39, 0.29) is 11.3 Å². The second-order valence-electron chi connectivity index (χ2n) is 6.75. The van der Waals surface area contributed by atoms with Crippen LogP contribution in [-0.4, -0.2) is 23.5 Å². The van der Waals surface area contributed by atoms with E-state index in [0.29, 0.717) is 12.3 Å². The minimum atomic E-state index is -0.677. The molecule has 0 bridgehead atoms. The first-order chi connectivity index (χ1) is 10.2. The number of amides is 1. The van der Waals surface area contributed by atoms with Crippen LogP contribution in [0.2, 0.25) is 0 Å². The third-order valence-electron chi connectivity index (χ3n) is 3.38. The number of benzene rings is 1. The number of ketones is 1. The van der Waals surface area contributed by atoms with E-state index in [1.54, 1.807) is 26.8 Å². The van der Waals surface area contributed by atoms with Crippen molar-refractivity contribution >= 4 is 11.9 Å². The molecule has 1 saturated carbocycles. The third-order valence-corrected chi connectivity index (χ3v) is 3.38. The second-order valence-corrected chi connectivity index (χ2v) is 6.75. The normalized spacial score (nSPS) is 16.0. The predicted molar refractivity (Wildman–Crippen MR) is 81.2 cm³/mol. The number of rotatable bonds is 5. The van der Waals surface area contributed by atoms with Crippen LogP contribution in [0, 0.1) is 11.7 Å². The smallest absolute Gasteiger partial charge is 0.408 e. The van der Waals surface area contributed by atoms with Crippen LogP contribution in [0.25, 0.3) is 0 Å². The molecule has 0 aliphatic heterocycles. The SMILES string of the molecule is CC(C)(C)OC(=O)NC(CC1CC1)C(=O)c1cccc(F)c1. The quantitative estimate of drug-likeness (QED) is 0.844. The molecule has 22 heavy (non-hydrogen) atoms. The summed E-state index contributed by atoms with van der Waals surface area (Å²) in [7, 11) is 0. The van der Waals surface area contributed by atoms with Crippen LogP contribution in [-0.2, 0) is 4.74 Å². The highest BCUT2D eigenvalue weighted by Gasteiger charge is 2.32. The van der Waals surface area contributed by atoms with Crippen molar-refractivity contribution in [2.75, 3.05) is 0 Å². The van der Waals surface area contributed by atoms with Gasteiger partial charge in [-0.25, -0.2) is 9.18 Å². The third kappa shape index (κ3) is 5.13. The highest BCUT2D eigenvalue weighted by molar-refractivity contribution is 6.01. The van der Waals surface area contributed by atoms with Gasteiger partial charge in [-0.15, -0.1) is 0 Å². The van der Waals surface area contributed by atoms with Crippen LogP contribution in [0.15, 0.2) is 24.3 Å². The van der Waals surface area contributed by atoms with Gasteiger partial charge < -0.3 is 10.1 Å². The van der Waals surface area contributed by atoms with E-state index in [1.807, 2.05) is 0 Å². The maximum atomic E-state index is 13.3. The second kappa shape index (κ2) is 6.46. The molecule has 1 fully saturated rings. The predicted octanol–water partition coefficient (Wildman–Crippen LogP) is 3.70. The molecule has 4 nitrogen and oxygen atoms in total. The molecule has 2 rings (SSSR count). The summed E-state index contributed by atoms with van der Waals surface area (Å²) in [5.41, 5.74) is -0.363. The Balaban J connectivity index is 2.08. The molecule has 1 aromatic carbocycles. The number of Topliss-reactive ketones (excluding diaryl/α,β-unsaturated/α-hetero) is 1. The summed E-state index contributed by atoms with van der Waals surface area (Å²) in [6.45, 7) is 5.28. The van der Waals surface area contributed by atoms with Gasteiger partial charge in [-0.3, -0.25) is 4.79 Å². The average Bonchev–Trinajstić information content (AvgIpc) is 3.19. The van der Waals surface area contributed by atoms with Gasteiger partial charge in [0, 0.05) is 5.56 Å². The molecular weight excluding hydrogens is 285 g/mol. The molecular formula is C17H22FNO3. The first-order valence-corrected chi connectivity index (χ1v) is 7.54. The fraction of sp³-hybridized carbons (Fsp3) is 0.529. The molecule has 1 aliphatic carbocycles. The lowest BCUT2D eigenvalue weighted by Crippen LogP contribution is -2.43. The summed E-state index contributed by atoms with van der Waals surface area (Å²) in [5, 5.41) is 2.63. The van der Waals surface area contributed by atoms with Crippen molar-refractivity contribution in [2.45, 2.75) is 51.7 Å². The number of hydrogen-bond donors (Lipinski definition) is 1. The summed E-state index contributed by atoms with van der Waals surface area (Å²) in [5.74, 6) is -0.303. The zero-order valence-corrected chi connectivity index (χ0v) is 13.2. The Bertz CT molecular complexity index is 561. The lowest BCUT2D eigenvalue weighted by atomic mass is 9.99. The molecule has 1 amide bonds. The summed E-state index contributed by atoms with van der Waals surface area (Å²) in [4.78, 5) is 24.4. The zero-order chi connectivity index (χ0) is 16.3. The Morgan fingerprint density at radius 1 is 1.36 bits per heavy atom. The fourth-order valence-corrected chi connectivity index (χ4v) is 2.21. The maximum Gasteiger partial charge on any atom is 0.408 e. The number of carbonyl (C=O) groups excluding carboxylic acids is 2. The Morgan fingerprint density at radius 2 is 2.05 bits per heavy atom. The fourth-order valence-electron chi connectivity index (χ4n) is 2.21. The molecule has 120 valence electrons. The average molecular weight is 307 g/mol. The standard InChI is InChI=1S/C17H22FNO3/c1-17(2,3)22-16(21)19-14(9-11-7-8-11)15(20)12-5-4-6-13(18)10-12/h4-6,10-11,14H,7-9H2,1-3H3,(H,19,21). The van der Waals surface area contributed by atoms with E-state index >= 15 is 0 Å². The van der Waals surface area contributed by atoms with Gasteiger partial charge in [0.2, 0.25) is 0 Å². The summed E-state index contributed by atoms with van der Waals surface area (Å²) in [6.07, 6.45) is 2.06. The lowest BCUT2D eigenvalue weighted by Gasteiger charge is -2.23. The van der Waals surface area contributed by atoms with Crippen molar-refractivity contribution in [1.82, 2.24) is 5.32 Å². The van der Waals surface area contributed by atoms with Gasteiger partial charge in [0.1, 0.15) is 11.4 Å². The van der Waals surface area contributed by atoms with Crippen LogP contribution >= 0.6 is 0 Å². The Labute approximate surface area is 130 Å². The van der Waals surface area contributed by atoms with Crippen LogP contribution in [0.3, 0.4) is 0 Å². The van der Waals surface area contributed by atoms with Crippen LogP contribution < -0.4 is 5.32 Å². The number of alkyl carbamates (subject to hydrolysis) is 1. The highest BCUT2D eigenvalue weighted by Crippen LogP contribution is 2.34. The maximum absolute atomic E-state index is 13.3. The molecule has 1 aliphatic rings. The zero-order valence-electron chi connectivity index (χ0n) is 13.2. The number of hydrogen-bond acceptors (Lipinski definition) is 3. The van der Waals surface area contributed by atoms with Crippen molar-refractivity contribution in [3.8, 4) is 0 Å². The minimum absolute atomic E-state index is 0.265.